The van der Waals surface area contributed by atoms with Gasteiger partial charge in [0.2, 0.25) is 5.91 Å². The van der Waals surface area contributed by atoms with Gasteiger partial charge in [-0.25, -0.2) is 0 Å². The highest BCUT2D eigenvalue weighted by Crippen LogP contribution is 2.20. The fourth-order valence-electron chi connectivity index (χ4n) is 2.21. The summed E-state index contributed by atoms with van der Waals surface area (Å²) in [6.07, 6.45) is 1.47. The molecular weight excluding hydrogens is 252 g/mol. The minimum atomic E-state index is -0.467. The zero-order chi connectivity index (χ0) is 13.1. The number of halogens is 1. The molecule has 1 aliphatic heterocycles. The summed E-state index contributed by atoms with van der Waals surface area (Å²) in [6.45, 7) is 0.587. The molecule has 0 spiro atoms. The van der Waals surface area contributed by atoms with Crippen molar-refractivity contribution < 1.29 is 9.59 Å². The van der Waals surface area contributed by atoms with E-state index in [0.29, 0.717) is 24.4 Å². The first-order valence-corrected chi connectivity index (χ1v) is 6.42. The third-order valence-corrected chi connectivity index (χ3v) is 3.51. The Balaban J connectivity index is 2.17. The summed E-state index contributed by atoms with van der Waals surface area (Å²) < 4.78 is 0. The molecule has 1 unspecified atom stereocenters. The fourth-order valence-corrected chi connectivity index (χ4v) is 2.39. The maximum atomic E-state index is 12.2. The Hall–Kier alpha value is -1.55. The van der Waals surface area contributed by atoms with E-state index in [9.17, 15) is 9.59 Å². The second-order valence-electron chi connectivity index (χ2n) is 4.39. The Morgan fingerprint density at radius 2 is 2.00 bits per heavy atom. The molecule has 5 heteroatoms. The Labute approximate surface area is 111 Å². The number of benzene rings is 1. The molecule has 1 atom stereocenters. The van der Waals surface area contributed by atoms with Crippen molar-refractivity contribution in [1.82, 2.24) is 4.90 Å². The molecule has 0 aromatic heterocycles. The van der Waals surface area contributed by atoms with Crippen molar-refractivity contribution in [3.05, 3.63) is 35.4 Å². The first-order chi connectivity index (χ1) is 8.63. The van der Waals surface area contributed by atoms with Gasteiger partial charge in [0.15, 0.2) is 0 Å². The Bertz CT molecular complexity index is 459. The van der Waals surface area contributed by atoms with Gasteiger partial charge in [0.25, 0.3) is 5.91 Å². The molecule has 96 valence electrons. The molecule has 1 heterocycles. The lowest BCUT2D eigenvalue weighted by Crippen LogP contribution is -2.43. The number of nitrogens with two attached hydrogens (primary N) is 1. The second kappa shape index (κ2) is 5.40. The monoisotopic (exact) mass is 266 g/mol. The van der Waals surface area contributed by atoms with E-state index in [4.69, 9.17) is 17.3 Å². The van der Waals surface area contributed by atoms with Crippen LogP contribution in [0.1, 0.15) is 28.8 Å². The molecule has 0 saturated carbocycles. The minimum Gasteiger partial charge on any atom is -0.368 e. The Kier molecular flexibility index (Phi) is 3.87. The van der Waals surface area contributed by atoms with Gasteiger partial charge in [-0.1, -0.05) is 12.1 Å². The van der Waals surface area contributed by atoms with Gasteiger partial charge in [0.05, 0.1) is 0 Å². The number of alkyl halides is 1. The first kappa shape index (κ1) is 12.9. The molecule has 2 rings (SSSR count). The van der Waals surface area contributed by atoms with E-state index in [1.165, 1.54) is 0 Å². The molecule has 0 bridgehead atoms. The molecule has 1 aromatic rings. The van der Waals surface area contributed by atoms with Crippen molar-refractivity contribution in [3.8, 4) is 0 Å². The summed E-state index contributed by atoms with van der Waals surface area (Å²) in [6, 6.07) is 6.63. The van der Waals surface area contributed by atoms with Crippen LogP contribution in [0.25, 0.3) is 0 Å². The maximum Gasteiger partial charge on any atom is 0.254 e. The summed E-state index contributed by atoms with van der Waals surface area (Å²) in [5.41, 5.74) is 6.83. The van der Waals surface area contributed by atoms with Crippen LogP contribution in [-0.4, -0.2) is 29.3 Å². The van der Waals surface area contributed by atoms with Crippen molar-refractivity contribution in [2.45, 2.75) is 24.8 Å². The molecule has 2 N–H and O–H groups in total. The highest BCUT2D eigenvalue weighted by atomic mass is 35.5. The number of amides is 2. The Morgan fingerprint density at radius 1 is 1.33 bits per heavy atom. The van der Waals surface area contributed by atoms with E-state index in [2.05, 4.69) is 0 Å². The normalized spacial score (nSPS) is 18.9. The molecule has 0 radical (unpaired) electrons. The average molecular weight is 267 g/mol. The SMILES string of the molecule is NC(=O)C1CCCN1C(=O)c1ccc(CCl)cc1. The highest BCUT2D eigenvalue weighted by Gasteiger charge is 2.32. The molecule has 1 aliphatic rings. The van der Waals surface area contributed by atoms with Gasteiger partial charge >= 0.3 is 0 Å². The van der Waals surface area contributed by atoms with Crippen LogP contribution in [0.15, 0.2) is 24.3 Å². The number of carbonyl (C=O) groups is 2. The van der Waals surface area contributed by atoms with Gasteiger partial charge in [-0.15, -0.1) is 11.6 Å². The highest BCUT2D eigenvalue weighted by molar-refractivity contribution is 6.17. The largest absolute Gasteiger partial charge is 0.368 e. The predicted octanol–water partition coefficient (Wildman–Crippen LogP) is 1.52. The van der Waals surface area contributed by atoms with Crippen molar-refractivity contribution >= 4 is 23.4 Å². The third kappa shape index (κ3) is 2.48. The standard InChI is InChI=1S/C13H15ClN2O2/c14-8-9-3-5-10(6-4-9)13(18)16-7-1-2-11(16)12(15)17/h3-6,11H,1-2,7-8H2,(H2,15,17). The van der Waals surface area contributed by atoms with Gasteiger partial charge in [-0.05, 0) is 30.5 Å². The van der Waals surface area contributed by atoms with Crippen LogP contribution in [-0.2, 0) is 10.7 Å². The van der Waals surface area contributed by atoms with E-state index in [1.807, 2.05) is 12.1 Å². The predicted molar refractivity (Wildman–Crippen MR) is 69.3 cm³/mol. The van der Waals surface area contributed by atoms with Gasteiger partial charge in [0.1, 0.15) is 6.04 Å². The number of nitrogens with zero attached hydrogens (tertiary/aromatic N) is 1. The molecule has 1 fully saturated rings. The molecule has 1 saturated heterocycles. The maximum absolute atomic E-state index is 12.2. The van der Waals surface area contributed by atoms with Crippen LogP contribution in [0.4, 0.5) is 0 Å². The number of likely N-dealkylation sites (tertiary alicyclic amines) is 1. The number of hydrogen-bond acceptors (Lipinski definition) is 2. The molecule has 1 aromatic carbocycles. The van der Waals surface area contributed by atoms with Crippen LogP contribution in [0.2, 0.25) is 0 Å². The van der Waals surface area contributed by atoms with E-state index in [1.54, 1.807) is 17.0 Å². The number of primary amides is 1. The summed E-state index contributed by atoms with van der Waals surface area (Å²) in [7, 11) is 0. The van der Waals surface area contributed by atoms with Crippen LogP contribution in [0, 0.1) is 0 Å². The van der Waals surface area contributed by atoms with Gasteiger partial charge in [0, 0.05) is 18.0 Å². The summed E-state index contributed by atoms with van der Waals surface area (Å²) >= 11 is 5.69. The molecule has 2 amide bonds. The zero-order valence-electron chi connectivity index (χ0n) is 9.93. The summed E-state index contributed by atoms with van der Waals surface area (Å²) in [4.78, 5) is 25.1. The third-order valence-electron chi connectivity index (χ3n) is 3.20. The van der Waals surface area contributed by atoms with E-state index >= 15 is 0 Å². The average Bonchev–Trinajstić information content (AvgIpc) is 2.87. The van der Waals surface area contributed by atoms with Gasteiger partial charge in [-0.3, -0.25) is 9.59 Å². The van der Waals surface area contributed by atoms with E-state index < -0.39 is 11.9 Å². The van der Waals surface area contributed by atoms with Crippen molar-refractivity contribution in [1.29, 1.82) is 0 Å². The van der Waals surface area contributed by atoms with Crippen LogP contribution >= 0.6 is 11.6 Å². The lowest BCUT2D eigenvalue weighted by molar-refractivity contribution is -0.121. The minimum absolute atomic E-state index is 0.141. The Morgan fingerprint density at radius 3 is 2.56 bits per heavy atom. The van der Waals surface area contributed by atoms with Crippen LogP contribution < -0.4 is 5.73 Å². The van der Waals surface area contributed by atoms with Crippen molar-refractivity contribution in [2.75, 3.05) is 6.54 Å². The lowest BCUT2D eigenvalue weighted by Gasteiger charge is -2.22. The summed E-state index contributed by atoms with van der Waals surface area (Å²) in [5.74, 6) is -0.155. The van der Waals surface area contributed by atoms with Crippen LogP contribution in [0.5, 0.6) is 0 Å². The first-order valence-electron chi connectivity index (χ1n) is 5.88. The lowest BCUT2D eigenvalue weighted by atomic mass is 10.1. The molecule has 4 nitrogen and oxygen atoms in total. The van der Waals surface area contributed by atoms with Crippen LogP contribution in [0.3, 0.4) is 0 Å². The zero-order valence-corrected chi connectivity index (χ0v) is 10.7. The van der Waals surface area contributed by atoms with Crippen molar-refractivity contribution in [3.63, 3.8) is 0 Å². The number of hydrogen-bond donors (Lipinski definition) is 1. The van der Waals surface area contributed by atoms with E-state index in [-0.39, 0.29) is 5.91 Å². The van der Waals surface area contributed by atoms with Crippen molar-refractivity contribution in [2.24, 2.45) is 5.73 Å². The van der Waals surface area contributed by atoms with E-state index in [0.717, 1.165) is 12.0 Å². The molecular formula is C13H15ClN2O2. The smallest absolute Gasteiger partial charge is 0.254 e. The second-order valence-corrected chi connectivity index (χ2v) is 4.66. The summed E-state index contributed by atoms with van der Waals surface area (Å²) in [5, 5.41) is 0. The molecule has 18 heavy (non-hydrogen) atoms. The van der Waals surface area contributed by atoms with Gasteiger partial charge in [-0.2, -0.15) is 0 Å². The van der Waals surface area contributed by atoms with Gasteiger partial charge < -0.3 is 10.6 Å². The quantitative estimate of drug-likeness (QED) is 0.843. The fraction of sp³-hybridized carbons (Fsp3) is 0.385. The number of rotatable bonds is 3. The topological polar surface area (TPSA) is 63.4 Å². The number of carbonyl (C=O) groups excluding carboxylic acids is 2. The molecule has 0 aliphatic carbocycles.